The molecule has 5 heteroatoms. The summed E-state index contributed by atoms with van der Waals surface area (Å²) >= 11 is 1.78. The van der Waals surface area contributed by atoms with Crippen molar-refractivity contribution in [2.75, 3.05) is 4.90 Å². The Bertz CT molecular complexity index is 3160. The molecule has 0 fully saturated rings. The van der Waals surface area contributed by atoms with Crippen LogP contribution in [0.3, 0.4) is 0 Å². The van der Waals surface area contributed by atoms with Crippen LogP contribution in [0.2, 0.25) is 0 Å². The summed E-state index contributed by atoms with van der Waals surface area (Å²) in [6.07, 6.45) is 0. The highest BCUT2D eigenvalue weighted by Crippen LogP contribution is 2.44. The summed E-state index contributed by atoms with van der Waals surface area (Å²) in [5.41, 5.74) is 12.3. The lowest BCUT2D eigenvalue weighted by atomic mass is 9.98. The summed E-state index contributed by atoms with van der Waals surface area (Å²) in [4.78, 5) is 7.26. The quantitative estimate of drug-likeness (QED) is 0.172. The van der Waals surface area contributed by atoms with Crippen molar-refractivity contribution in [3.63, 3.8) is 0 Å². The molecule has 3 aromatic heterocycles. The molecule has 254 valence electrons. The number of hydrogen-bond acceptors (Lipinski definition) is 5. The maximum absolute atomic E-state index is 6.28. The van der Waals surface area contributed by atoms with Gasteiger partial charge in [0.25, 0.3) is 0 Å². The number of furan rings is 1. The van der Waals surface area contributed by atoms with E-state index < -0.39 is 0 Å². The van der Waals surface area contributed by atoms with Crippen LogP contribution < -0.4 is 4.90 Å². The monoisotopic (exact) mass is 710 g/mol. The first-order valence-corrected chi connectivity index (χ1v) is 18.8. The van der Waals surface area contributed by atoms with Crippen molar-refractivity contribution < 1.29 is 8.83 Å². The fourth-order valence-electron chi connectivity index (χ4n) is 7.74. The predicted molar refractivity (Wildman–Crippen MR) is 225 cm³/mol. The lowest BCUT2D eigenvalue weighted by Gasteiger charge is -2.26. The highest BCUT2D eigenvalue weighted by atomic mass is 32.1. The van der Waals surface area contributed by atoms with Gasteiger partial charge in [-0.1, -0.05) is 103 Å². The van der Waals surface area contributed by atoms with E-state index in [1.54, 1.807) is 11.3 Å². The van der Waals surface area contributed by atoms with Crippen LogP contribution in [-0.4, -0.2) is 4.98 Å². The smallest absolute Gasteiger partial charge is 0.227 e. The molecule has 11 aromatic rings. The lowest BCUT2D eigenvalue weighted by Crippen LogP contribution is -2.10. The van der Waals surface area contributed by atoms with Crippen molar-refractivity contribution in [1.82, 2.24) is 4.98 Å². The van der Waals surface area contributed by atoms with Crippen molar-refractivity contribution in [2.45, 2.75) is 0 Å². The molecule has 0 amide bonds. The Hall–Kier alpha value is -6.95. The van der Waals surface area contributed by atoms with Crippen molar-refractivity contribution in [3.8, 4) is 33.7 Å². The van der Waals surface area contributed by atoms with Crippen molar-refractivity contribution >= 4 is 81.6 Å². The van der Waals surface area contributed by atoms with E-state index in [9.17, 15) is 0 Å². The minimum Gasteiger partial charge on any atom is -0.456 e. The summed E-state index contributed by atoms with van der Waals surface area (Å²) in [6, 6.07) is 64.0. The number of para-hydroxylation sites is 1. The Morgan fingerprint density at radius 3 is 1.93 bits per heavy atom. The van der Waals surface area contributed by atoms with Gasteiger partial charge in [0.15, 0.2) is 5.58 Å². The number of thiophene rings is 1. The molecular weight excluding hydrogens is 681 g/mol. The van der Waals surface area contributed by atoms with Crippen molar-refractivity contribution in [2.24, 2.45) is 0 Å². The number of oxazole rings is 1. The van der Waals surface area contributed by atoms with Gasteiger partial charge in [-0.15, -0.1) is 11.3 Å². The zero-order valence-corrected chi connectivity index (χ0v) is 29.8. The van der Waals surface area contributed by atoms with Gasteiger partial charge in [-0.05, 0) is 95.1 Å². The first kappa shape index (κ1) is 30.7. The van der Waals surface area contributed by atoms with E-state index in [1.165, 1.54) is 31.3 Å². The van der Waals surface area contributed by atoms with Crippen LogP contribution in [0.25, 0.3) is 86.9 Å². The van der Waals surface area contributed by atoms with Gasteiger partial charge in [0, 0.05) is 59.6 Å². The van der Waals surface area contributed by atoms with Crippen LogP contribution in [-0.2, 0) is 0 Å². The standard InChI is InChI=1S/C49H30N2O2S/c1-3-11-31(12-4-1)32-21-23-35(24-22-32)51(36-16-9-15-34(27-36)38-18-10-20-44-48(38)39-17-7-8-19-43(39)52-44)37-25-26-46-40(28-37)41-29-42-45(30-47(41)54-46)53-49(50-42)33-13-5-2-6-14-33/h1-30H. The molecule has 11 rings (SSSR count). The van der Waals surface area contributed by atoms with Crippen LogP contribution in [0.5, 0.6) is 0 Å². The van der Waals surface area contributed by atoms with E-state index in [1.807, 2.05) is 42.5 Å². The Morgan fingerprint density at radius 1 is 0.407 bits per heavy atom. The molecule has 0 radical (unpaired) electrons. The molecule has 0 saturated heterocycles. The van der Waals surface area contributed by atoms with Crippen LogP contribution in [0.15, 0.2) is 191 Å². The fourth-order valence-corrected chi connectivity index (χ4v) is 8.83. The third-order valence-corrected chi connectivity index (χ3v) is 11.4. The molecule has 4 nitrogen and oxygen atoms in total. The maximum atomic E-state index is 6.28. The van der Waals surface area contributed by atoms with Crippen LogP contribution in [0.4, 0.5) is 17.1 Å². The van der Waals surface area contributed by atoms with Gasteiger partial charge >= 0.3 is 0 Å². The number of anilines is 3. The number of fused-ring (bicyclic) bond motifs is 7. The SMILES string of the molecule is c1ccc(-c2ccc(N(c3cccc(-c4cccc5oc6ccccc6c45)c3)c3ccc4sc5cc6oc(-c7ccccc7)nc6cc5c4c3)cc2)cc1. The van der Waals surface area contributed by atoms with Gasteiger partial charge in [0.2, 0.25) is 5.89 Å². The van der Waals surface area contributed by atoms with Gasteiger partial charge < -0.3 is 13.7 Å². The molecule has 0 atom stereocenters. The highest BCUT2D eigenvalue weighted by Gasteiger charge is 2.19. The van der Waals surface area contributed by atoms with Crippen molar-refractivity contribution in [1.29, 1.82) is 0 Å². The van der Waals surface area contributed by atoms with Gasteiger partial charge in [0.1, 0.15) is 16.7 Å². The molecule has 0 N–H and O–H groups in total. The zero-order valence-electron chi connectivity index (χ0n) is 28.9. The molecule has 0 bridgehead atoms. The minimum absolute atomic E-state index is 0.636. The molecule has 3 heterocycles. The van der Waals surface area contributed by atoms with E-state index in [0.29, 0.717) is 5.89 Å². The second kappa shape index (κ2) is 12.3. The average molecular weight is 711 g/mol. The van der Waals surface area contributed by atoms with Crippen LogP contribution in [0.1, 0.15) is 0 Å². The second-order valence-corrected chi connectivity index (χ2v) is 14.6. The summed E-state index contributed by atoms with van der Waals surface area (Å²) in [5, 5.41) is 4.61. The highest BCUT2D eigenvalue weighted by molar-refractivity contribution is 7.25. The van der Waals surface area contributed by atoms with Gasteiger partial charge in [-0.2, -0.15) is 0 Å². The number of aromatic nitrogens is 1. The van der Waals surface area contributed by atoms with Crippen LogP contribution >= 0.6 is 11.3 Å². The van der Waals surface area contributed by atoms with Gasteiger partial charge in [-0.25, -0.2) is 4.98 Å². The number of hydrogen-bond donors (Lipinski definition) is 0. The van der Waals surface area contributed by atoms with Crippen LogP contribution in [0, 0.1) is 0 Å². The summed E-state index contributed by atoms with van der Waals surface area (Å²) in [7, 11) is 0. The summed E-state index contributed by atoms with van der Waals surface area (Å²) in [6.45, 7) is 0. The van der Waals surface area contributed by atoms with E-state index in [-0.39, 0.29) is 0 Å². The molecule has 8 aromatic carbocycles. The Morgan fingerprint density at radius 2 is 1.07 bits per heavy atom. The first-order valence-electron chi connectivity index (χ1n) is 18.0. The average Bonchev–Trinajstić information content (AvgIpc) is 3.94. The third kappa shape index (κ3) is 5.09. The minimum atomic E-state index is 0.636. The van der Waals surface area contributed by atoms with Gasteiger partial charge in [0.05, 0.1) is 0 Å². The molecule has 0 spiro atoms. The normalized spacial score (nSPS) is 11.7. The van der Waals surface area contributed by atoms with E-state index in [2.05, 4.69) is 144 Å². The summed E-state index contributed by atoms with van der Waals surface area (Å²) < 4.78 is 14.9. The molecule has 0 unspecified atom stereocenters. The molecule has 54 heavy (non-hydrogen) atoms. The molecule has 0 saturated carbocycles. The molecule has 0 aliphatic carbocycles. The largest absolute Gasteiger partial charge is 0.456 e. The van der Waals surface area contributed by atoms with E-state index >= 15 is 0 Å². The lowest BCUT2D eigenvalue weighted by molar-refractivity contribution is 0.620. The number of nitrogens with zero attached hydrogens (tertiary/aromatic N) is 2. The van der Waals surface area contributed by atoms with E-state index in [4.69, 9.17) is 13.8 Å². The van der Waals surface area contributed by atoms with E-state index in [0.717, 1.165) is 66.8 Å². The van der Waals surface area contributed by atoms with Crippen molar-refractivity contribution in [3.05, 3.63) is 182 Å². The third-order valence-electron chi connectivity index (χ3n) is 10.3. The van der Waals surface area contributed by atoms with Gasteiger partial charge in [-0.3, -0.25) is 0 Å². The molecular formula is C49H30N2O2S. The molecule has 0 aliphatic rings. The summed E-state index contributed by atoms with van der Waals surface area (Å²) in [5.74, 6) is 0.636. The predicted octanol–water partition coefficient (Wildman–Crippen LogP) is 14.6. The number of benzene rings is 8. The molecule has 0 aliphatic heterocycles. The number of rotatable bonds is 6. The maximum Gasteiger partial charge on any atom is 0.227 e. The Kier molecular flexibility index (Phi) is 7.00. The Labute approximate surface area is 314 Å². The topological polar surface area (TPSA) is 42.4 Å². The zero-order chi connectivity index (χ0) is 35.6. The fraction of sp³-hybridized carbons (Fsp3) is 0. The Balaban J connectivity index is 1.08. The second-order valence-electron chi connectivity index (χ2n) is 13.6. The first-order chi connectivity index (χ1) is 26.7.